The second kappa shape index (κ2) is 5.57. The number of aromatic amines is 1. The van der Waals surface area contributed by atoms with E-state index in [9.17, 15) is 9.18 Å². The third-order valence-electron chi connectivity index (χ3n) is 4.53. The number of aryl methyl sites for hydroxylation is 1. The van der Waals surface area contributed by atoms with E-state index >= 15 is 0 Å². The maximum Gasteiger partial charge on any atom is 0.259 e. The number of hydrogen-bond donors (Lipinski definition) is 1. The Morgan fingerprint density at radius 3 is 3.04 bits per heavy atom. The van der Waals surface area contributed by atoms with E-state index in [1.165, 1.54) is 16.5 Å². The second-order valence-electron chi connectivity index (χ2n) is 6.31. The zero-order valence-corrected chi connectivity index (χ0v) is 13.7. The molecule has 2 aromatic heterocycles. The summed E-state index contributed by atoms with van der Waals surface area (Å²) in [6.45, 7) is 2.24. The highest BCUT2D eigenvalue weighted by Crippen LogP contribution is 2.35. The van der Waals surface area contributed by atoms with Gasteiger partial charge < -0.3 is 4.98 Å². The van der Waals surface area contributed by atoms with E-state index in [1.54, 1.807) is 29.5 Å². The molecule has 0 saturated heterocycles. The molecule has 0 saturated carbocycles. The van der Waals surface area contributed by atoms with Crippen LogP contribution in [0.1, 0.15) is 35.2 Å². The third-order valence-corrected chi connectivity index (χ3v) is 5.68. The van der Waals surface area contributed by atoms with Crippen LogP contribution in [0.2, 0.25) is 0 Å². The molecule has 4 rings (SSSR count). The van der Waals surface area contributed by atoms with E-state index in [-0.39, 0.29) is 11.4 Å². The largest absolute Gasteiger partial charge is 0.310 e. The molecule has 1 N–H and O–H groups in total. The van der Waals surface area contributed by atoms with Gasteiger partial charge in [0.05, 0.1) is 5.39 Å². The van der Waals surface area contributed by atoms with E-state index in [2.05, 4.69) is 16.9 Å². The van der Waals surface area contributed by atoms with Gasteiger partial charge in [0.2, 0.25) is 0 Å². The molecule has 0 amide bonds. The summed E-state index contributed by atoms with van der Waals surface area (Å²) in [7, 11) is 0. The fourth-order valence-corrected chi connectivity index (χ4v) is 4.70. The number of nitrogens with zero attached hydrogens (tertiary/aromatic N) is 1. The lowest BCUT2D eigenvalue weighted by Crippen LogP contribution is -2.15. The van der Waals surface area contributed by atoms with Crippen LogP contribution in [0.15, 0.2) is 29.1 Å². The van der Waals surface area contributed by atoms with Crippen molar-refractivity contribution in [2.24, 2.45) is 5.92 Å². The highest BCUT2D eigenvalue weighted by molar-refractivity contribution is 7.18. The SMILES string of the molecule is CC1CCc2c(sc3nc(Cc4ccccc4F)[nH]c(=O)c23)C1. The van der Waals surface area contributed by atoms with Crippen molar-refractivity contribution in [2.75, 3.05) is 0 Å². The quantitative estimate of drug-likeness (QED) is 0.777. The van der Waals surface area contributed by atoms with Crippen molar-refractivity contribution in [3.8, 4) is 0 Å². The highest BCUT2D eigenvalue weighted by Gasteiger charge is 2.23. The van der Waals surface area contributed by atoms with Crippen LogP contribution < -0.4 is 5.56 Å². The summed E-state index contributed by atoms with van der Waals surface area (Å²) >= 11 is 1.62. The summed E-state index contributed by atoms with van der Waals surface area (Å²) in [6.07, 6.45) is 3.40. The number of fused-ring (bicyclic) bond motifs is 3. The average molecular weight is 328 g/mol. The van der Waals surface area contributed by atoms with Crippen LogP contribution in [-0.4, -0.2) is 9.97 Å². The zero-order chi connectivity index (χ0) is 16.0. The minimum atomic E-state index is -0.269. The average Bonchev–Trinajstić information content (AvgIpc) is 2.87. The first-order chi connectivity index (χ1) is 11.1. The van der Waals surface area contributed by atoms with E-state index in [4.69, 9.17) is 0 Å². The Morgan fingerprint density at radius 1 is 1.39 bits per heavy atom. The van der Waals surface area contributed by atoms with Gasteiger partial charge in [-0.2, -0.15) is 0 Å². The fraction of sp³-hybridized carbons (Fsp3) is 0.333. The number of benzene rings is 1. The summed E-state index contributed by atoms with van der Waals surface area (Å²) in [6, 6.07) is 6.60. The maximum absolute atomic E-state index is 13.8. The number of halogens is 1. The molecule has 0 fully saturated rings. The standard InChI is InChI=1S/C18H17FN2OS/c1-10-6-7-12-14(8-10)23-18-16(12)17(22)20-15(21-18)9-11-4-2-3-5-13(11)19/h2-5,10H,6-9H2,1H3,(H,20,21,22). The molecule has 0 aliphatic heterocycles. The van der Waals surface area contributed by atoms with Crippen LogP contribution in [0, 0.1) is 11.7 Å². The number of H-pyrrole nitrogens is 1. The number of nitrogens with one attached hydrogen (secondary N) is 1. The smallest absolute Gasteiger partial charge is 0.259 e. The monoisotopic (exact) mass is 328 g/mol. The van der Waals surface area contributed by atoms with Crippen LogP contribution in [0.3, 0.4) is 0 Å². The lowest BCUT2D eigenvalue weighted by Gasteiger charge is -2.17. The van der Waals surface area contributed by atoms with Gasteiger partial charge in [-0.1, -0.05) is 25.1 Å². The molecule has 118 valence electrons. The van der Waals surface area contributed by atoms with Crippen molar-refractivity contribution in [1.29, 1.82) is 0 Å². The van der Waals surface area contributed by atoms with Gasteiger partial charge in [-0.25, -0.2) is 9.37 Å². The first-order valence-corrected chi connectivity index (χ1v) is 8.70. The van der Waals surface area contributed by atoms with Gasteiger partial charge in [0.1, 0.15) is 16.5 Å². The molecular formula is C18H17FN2OS. The topological polar surface area (TPSA) is 45.8 Å². The molecule has 0 bridgehead atoms. The molecule has 0 spiro atoms. The molecule has 1 aliphatic rings. The van der Waals surface area contributed by atoms with Crippen molar-refractivity contribution in [3.05, 3.63) is 62.3 Å². The maximum atomic E-state index is 13.8. The highest BCUT2D eigenvalue weighted by atomic mass is 32.1. The van der Waals surface area contributed by atoms with Crippen LogP contribution in [0.25, 0.3) is 10.2 Å². The molecule has 3 nitrogen and oxygen atoms in total. The van der Waals surface area contributed by atoms with Gasteiger partial charge in [-0.3, -0.25) is 4.79 Å². The summed E-state index contributed by atoms with van der Waals surface area (Å²) in [5, 5.41) is 0.745. The summed E-state index contributed by atoms with van der Waals surface area (Å²) in [5.41, 5.74) is 1.63. The summed E-state index contributed by atoms with van der Waals surface area (Å²) in [5.74, 6) is 0.918. The molecule has 1 aliphatic carbocycles. The van der Waals surface area contributed by atoms with Crippen LogP contribution in [0.5, 0.6) is 0 Å². The number of thiophene rings is 1. The molecule has 3 aromatic rings. The molecule has 5 heteroatoms. The van der Waals surface area contributed by atoms with Gasteiger partial charge in [0.25, 0.3) is 5.56 Å². The minimum Gasteiger partial charge on any atom is -0.310 e. The minimum absolute atomic E-state index is 0.0895. The fourth-order valence-electron chi connectivity index (χ4n) is 3.30. The Bertz CT molecular complexity index is 944. The molecule has 1 atom stereocenters. The molecule has 0 radical (unpaired) electrons. The van der Waals surface area contributed by atoms with Gasteiger partial charge in [0, 0.05) is 11.3 Å². The number of hydrogen-bond acceptors (Lipinski definition) is 3. The molecule has 1 aromatic carbocycles. The van der Waals surface area contributed by atoms with E-state index in [0.29, 0.717) is 23.7 Å². The molecule has 23 heavy (non-hydrogen) atoms. The van der Waals surface area contributed by atoms with Crippen molar-refractivity contribution in [2.45, 2.75) is 32.6 Å². The van der Waals surface area contributed by atoms with Crippen LogP contribution >= 0.6 is 11.3 Å². The van der Waals surface area contributed by atoms with Crippen LogP contribution in [-0.2, 0) is 19.3 Å². The predicted octanol–water partition coefficient (Wildman–Crippen LogP) is 3.84. The van der Waals surface area contributed by atoms with Crippen molar-refractivity contribution in [3.63, 3.8) is 0 Å². The molecule has 1 unspecified atom stereocenters. The first-order valence-electron chi connectivity index (χ1n) is 7.88. The van der Waals surface area contributed by atoms with Crippen LogP contribution in [0.4, 0.5) is 4.39 Å². The van der Waals surface area contributed by atoms with E-state index in [1.807, 2.05) is 0 Å². The van der Waals surface area contributed by atoms with E-state index < -0.39 is 0 Å². The Hall–Kier alpha value is -2.01. The van der Waals surface area contributed by atoms with Gasteiger partial charge >= 0.3 is 0 Å². The van der Waals surface area contributed by atoms with Crippen molar-refractivity contribution >= 4 is 21.6 Å². The lowest BCUT2D eigenvalue weighted by molar-refractivity contribution is 0.509. The molecular weight excluding hydrogens is 311 g/mol. The molecule has 2 heterocycles. The van der Waals surface area contributed by atoms with Gasteiger partial charge in [-0.05, 0) is 42.4 Å². The second-order valence-corrected chi connectivity index (χ2v) is 7.40. The zero-order valence-electron chi connectivity index (χ0n) is 12.9. The normalized spacial score (nSPS) is 17.4. The Kier molecular flexibility index (Phi) is 3.53. The predicted molar refractivity (Wildman–Crippen MR) is 90.6 cm³/mol. The third kappa shape index (κ3) is 2.59. The first kappa shape index (κ1) is 14.6. The summed E-state index contributed by atoms with van der Waals surface area (Å²) < 4.78 is 13.8. The number of aromatic nitrogens is 2. The van der Waals surface area contributed by atoms with Crippen molar-refractivity contribution in [1.82, 2.24) is 9.97 Å². The van der Waals surface area contributed by atoms with E-state index in [0.717, 1.165) is 29.5 Å². The Labute approximate surface area is 137 Å². The van der Waals surface area contributed by atoms with Gasteiger partial charge in [-0.15, -0.1) is 11.3 Å². The Morgan fingerprint density at radius 2 is 2.22 bits per heavy atom. The lowest BCUT2D eigenvalue weighted by atomic mass is 9.89. The number of rotatable bonds is 2. The Balaban J connectivity index is 1.79. The summed E-state index contributed by atoms with van der Waals surface area (Å²) in [4.78, 5) is 22.0. The van der Waals surface area contributed by atoms with Gasteiger partial charge in [0.15, 0.2) is 0 Å². The van der Waals surface area contributed by atoms with Crippen molar-refractivity contribution < 1.29 is 4.39 Å².